The van der Waals surface area contributed by atoms with Crippen LogP contribution in [0.3, 0.4) is 0 Å². The fourth-order valence-corrected chi connectivity index (χ4v) is 2.48. The van der Waals surface area contributed by atoms with Gasteiger partial charge in [0.05, 0.1) is 11.6 Å². The van der Waals surface area contributed by atoms with Crippen LogP contribution in [-0.2, 0) is 11.3 Å². The summed E-state index contributed by atoms with van der Waals surface area (Å²) in [4.78, 5) is 13.7. The van der Waals surface area contributed by atoms with Gasteiger partial charge in [0, 0.05) is 25.1 Å². The molecule has 0 aromatic heterocycles. The van der Waals surface area contributed by atoms with Crippen molar-refractivity contribution in [2.45, 2.75) is 33.7 Å². The third-order valence-corrected chi connectivity index (χ3v) is 3.98. The first-order valence-electron chi connectivity index (χ1n) is 6.77. The number of hydrogen-bond donors (Lipinski definition) is 0. The number of hydrogen-bond acceptors (Lipinski definition) is 2. The zero-order valence-electron chi connectivity index (χ0n) is 12.1. The van der Waals surface area contributed by atoms with Crippen molar-refractivity contribution < 1.29 is 9.18 Å². The van der Waals surface area contributed by atoms with Crippen LogP contribution in [0.5, 0.6) is 0 Å². The van der Waals surface area contributed by atoms with Crippen LogP contribution in [0.15, 0.2) is 18.2 Å². The first kappa shape index (κ1) is 14.5. The van der Waals surface area contributed by atoms with Crippen LogP contribution >= 0.6 is 0 Å². The fourth-order valence-electron chi connectivity index (χ4n) is 2.48. The van der Waals surface area contributed by atoms with Gasteiger partial charge in [-0.1, -0.05) is 20.8 Å². The first-order valence-corrected chi connectivity index (χ1v) is 6.77. The van der Waals surface area contributed by atoms with Crippen molar-refractivity contribution in [1.29, 1.82) is 5.26 Å². The van der Waals surface area contributed by atoms with Crippen molar-refractivity contribution in [2.24, 2.45) is 11.3 Å². The average Bonchev–Trinajstić information content (AvgIpc) is 2.74. The number of nitrogens with zero attached hydrogens (tertiary/aromatic N) is 2. The van der Waals surface area contributed by atoms with Gasteiger partial charge in [0.15, 0.2) is 0 Å². The van der Waals surface area contributed by atoms with Crippen LogP contribution in [-0.4, -0.2) is 17.4 Å². The van der Waals surface area contributed by atoms with E-state index in [1.807, 2.05) is 6.07 Å². The first-order chi connectivity index (χ1) is 9.31. The van der Waals surface area contributed by atoms with Crippen molar-refractivity contribution in [2.75, 3.05) is 6.54 Å². The average molecular weight is 274 g/mol. The Morgan fingerprint density at radius 3 is 2.70 bits per heavy atom. The minimum absolute atomic E-state index is 0.0617. The number of likely N-dealkylation sites (tertiary alicyclic amines) is 1. The normalized spacial score (nSPS) is 19.2. The molecule has 1 aliphatic rings. The summed E-state index contributed by atoms with van der Waals surface area (Å²) >= 11 is 0. The maximum atomic E-state index is 13.8. The molecule has 0 aliphatic carbocycles. The molecule has 1 aliphatic heterocycles. The molecule has 0 N–H and O–H groups in total. The van der Waals surface area contributed by atoms with E-state index in [0.29, 0.717) is 24.1 Å². The third-order valence-electron chi connectivity index (χ3n) is 3.98. The lowest BCUT2D eigenvalue weighted by atomic mass is 9.80. The molecule has 1 amide bonds. The quantitative estimate of drug-likeness (QED) is 0.831. The Balaban J connectivity index is 2.15. The highest BCUT2D eigenvalue weighted by atomic mass is 19.1. The van der Waals surface area contributed by atoms with Gasteiger partial charge in [-0.2, -0.15) is 5.26 Å². The zero-order chi connectivity index (χ0) is 14.9. The number of amides is 1. The predicted octanol–water partition coefficient (Wildman–Crippen LogP) is 3.09. The largest absolute Gasteiger partial charge is 0.338 e. The standard InChI is InChI=1S/C16H19FN2O/c1-16(2,3)13-7-15(20)19(10-13)9-12-6-11(8-18)4-5-14(12)17/h4-6,13H,7,9-10H2,1-3H3. The van der Waals surface area contributed by atoms with Crippen LogP contribution in [0.4, 0.5) is 4.39 Å². The van der Waals surface area contributed by atoms with Crippen LogP contribution in [0.1, 0.15) is 38.3 Å². The number of carbonyl (C=O) groups excluding carboxylic acids is 1. The molecule has 1 saturated heterocycles. The lowest BCUT2D eigenvalue weighted by Crippen LogP contribution is -2.27. The molecule has 0 saturated carbocycles. The van der Waals surface area contributed by atoms with Crippen LogP contribution < -0.4 is 0 Å². The molecule has 1 heterocycles. The molecule has 4 heteroatoms. The minimum Gasteiger partial charge on any atom is -0.338 e. The maximum absolute atomic E-state index is 13.8. The predicted molar refractivity (Wildman–Crippen MR) is 74.1 cm³/mol. The molecule has 106 valence electrons. The summed E-state index contributed by atoms with van der Waals surface area (Å²) in [5.41, 5.74) is 0.893. The van der Waals surface area contributed by atoms with Crippen molar-refractivity contribution in [1.82, 2.24) is 4.90 Å². The Labute approximate surface area is 119 Å². The van der Waals surface area contributed by atoms with Gasteiger partial charge >= 0.3 is 0 Å². The molecule has 0 radical (unpaired) electrons. The molecular formula is C16H19FN2O. The minimum atomic E-state index is -0.365. The topological polar surface area (TPSA) is 44.1 Å². The summed E-state index contributed by atoms with van der Waals surface area (Å²) in [5, 5.41) is 8.86. The van der Waals surface area contributed by atoms with Gasteiger partial charge in [-0.15, -0.1) is 0 Å². The fraction of sp³-hybridized carbons (Fsp3) is 0.500. The number of nitriles is 1. The van der Waals surface area contributed by atoms with Crippen molar-refractivity contribution in [3.8, 4) is 6.07 Å². The molecule has 3 nitrogen and oxygen atoms in total. The summed E-state index contributed by atoms with van der Waals surface area (Å²) in [6, 6.07) is 6.25. The van der Waals surface area contributed by atoms with E-state index in [4.69, 9.17) is 5.26 Å². The Bertz CT molecular complexity index is 569. The second-order valence-electron chi connectivity index (χ2n) is 6.46. The van der Waals surface area contributed by atoms with Crippen molar-refractivity contribution in [3.63, 3.8) is 0 Å². The third kappa shape index (κ3) is 2.98. The molecule has 1 aromatic rings. The number of carbonyl (C=O) groups is 1. The lowest BCUT2D eigenvalue weighted by Gasteiger charge is -2.26. The second-order valence-corrected chi connectivity index (χ2v) is 6.46. The highest BCUT2D eigenvalue weighted by molar-refractivity contribution is 5.78. The highest BCUT2D eigenvalue weighted by Gasteiger charge is 2.36. The molecule has 2 rings (SSSR count). The monoisotopic (exact) mass is 274 g/mol. The molecule has 1 fully saturated rings. The van der Waals surface area contributed by atoms with E-state index in [9.17, 15) is 9.18 Å². The van der Waals surface area contributed by atoms with Crippen LogP contribution in [0.2, 0.25) is 0 Å². The van der Waals surface area contributed by atoms with Gasteiger partial charge in [-0.05, 0) is 29.5 Å². The van der Waals surface area contributed by atoms with Crippen LogP contribution in [0, 0.1) is 28.5 Å². The highest BCUT2D eigenvalue weighted by Crippen LogP contribution is 2.34. The smallest absolute Gasteiger partial charge is 0.223 e. The molecule has 0 spiro atoms. The summed E-state index contributed by atoms with van der Waals surface area (Å²) in [6.45, 7) is 7.24. The number of rotatable bonds is 2. The van der Waals surface area contributed by atoms with E-state index < -0.39 is 0 Å². The van der Waals surface area contributed by atoms with E-state index in [0.717, 1.165) is 0 Å². The molecule has 1 unspecified atom stereocenters. The lowest BCUT2D eigenvalue weighted by molar-refractivity contribution is -0.128. The van der Waals surface area contributed by atoms with E-state index in [2.05, 4.69) is 20.8 Å². The Morgan fingerprint density at radius 1 is 1.45 bits per heavy atom. The summed E-state index contributed by atoms with van der Waals surface area (Å²) in [5.74, 6) is -0.0140. The van der Waals surface area contributed by atoms with Gasteiger partial charge in [0.25, 0.3) is 0 Å². The molecule has 20 heavy (non-hydrogen) atoms. The Hall–Kier alpha value is -1.89. The SMILES string of the molecule is CC(C)(C)C1CC(=O)N(Cc2cc(C#N)ccc2F)C1. The van der Waals surface area contributed by atoms with Crippen molar-refractivity contribution >= 4 is 5.91 Å². The van der Waals surface area contributed by atoms with E-state index >= 15 is 0 Å². The maximum Gasteiger partial charge on any atom is 0.223 e. The summed E-state index contributed by atoms with van der Waals surface area (Å²) in [6.07, 6.45) is 0.517. The summed E-state index contributed by atoms with van der Waals surface area (Å²) in [7, 11) is 0. The Morgan fingerprint density at radius 2 is 2.15 bits per heavy atom. The zero-order valence-corrected chi connectivity index (χ0v) is 12.1. The molecule has 1 aromatic carbocycles. The number of benzene rings is 1. The number of halogens is 1. The van der Waals surface area contributed by atoms with E-state index in [-0.39, 0.29) is 29.6 Å². The van der Waals surface area contributed by atoms with Gasteiger partial charge < -0.3 is 4.90 Å². The second kappa shape index (κ2) is 5.24. The molecule has 0 bridgehead atoms. The van der Waals surface area contributed by atoms with Gasteiger partial charge in [-0.3, -0.25) is 4.79 Å². The van der Waals surface area contributed by atoms with Crippen LogP contribution in [0.25, 0.3) is 0 Å². The molecule has 1 atom stereocenters. The van der Waals surface area contributed by atoms with E-state index in [1.54, 1.807) is 4.90 Å². The summed E-state index contributed by atoms with van der Waals surface area (Å²) < 4.78 is 13.8. The van der Waals surface area contributed by atoms with Gasteiger partial charge in [0.2, 0.25) is 5.91 Å². The van der Waals surface area contributed by atoms with Gasteiger partial charge in [0.1, 0.15) is 5.82 Å². The Kier molecular flexibility index (Phi) is 3.80. The van der Waals surface area contributed by atoms with Gasteiger partial charge in [-0.25, -0.2) is 4.39 Å². The van der Waals surface area contributed by atoms with E-state index in [1.165, 1.54) is 18.2 Å². The molecular weight excluding hydrogens is 255 g/mol. The van der Waals surface area contributed by atoms with Crippen molar-refractivity contribution in [3.05, 3.63) is 35.1 Å².